The van der Waals surface area contributed by atoms with E-state index in [0.717, 1.165) is 34.2 Å². The second-order valence-corrected chi connectivity index (χ2v) is 6.80. The minimum atomic E-state index is -0.946. The summed E-state index contributed by atoms with van der Waals surface area (Å²) in [7, 11) is 0. The Balaban J connectivity index is 1.87. The van der Waals surface area contributed by atoms with Crippen LogP contribution >= 0.6 is 0 Å². The molecule has 5 nitrogen and oxygen atoms in total. The average molecular weight is 387 g/mol. The number of imidazole rings is 1. The molecule has 3 heterocycles. The van der Waals surface area contributed by atoms with Crippen molar-refractivity contribution in [1.29, 1.82) is 0 Å². The predicted molar refractivity (Wildman–Crippen MR) is 108 cm³/mol. The molecule has 0 radical (unpaired) electrons. The van der Waals surface area contributed by atoms with Crippen LogP contribution in [0, 0.1) is 18.6 Å². The van der Waals surface area contributed by atoms with Gasteiger partial charge in [-0.3, -0.25) is 9.38 Å². The van der Waals surface area contributed by atoms with Crippen LogP contribution in [0.4, 0.5) is 14.6 Å². The number of aryl methyl sites for hydroxylation is 1. The summed E-state index contributed by atoms with van der Waals surface area (Å²) < 4.78 is 29.3. The minimum absolute atomic E-state index is 0.206. The Morgan fingerprint density at radius 1 is 0.897 bits per heavy atom. The quantitative estimate of drug-likeness (QED) is 0.473. The Hall–Kier alpha value is -3.87. The summed E-state index contributed by atoms with van der Waals surface area (Å²) in [6, 6.07) is 11.5. The van der Waals surface area contributed by atoms with Crippen molar-refractivity contribution >= 4 is 22.4 Å². The maximum absolute atomic E-state index is 14.0. The topological polar surface area (TPSA) is 69.1 Å². The van der Waals surface area contributed by atoms with Gasteiger partial charge in [0.05, 0.1) is 16.9 Å². The van der Waals surface area contributed by atoms with Crippen molar-refractivity contribution in [2.75, 3.05) is 5.73 Å². The van der Waals surface area contributed by atoms with Crippen LogP contribution in [0.5, 0.6) is 0 Å². The Morgan fingerprint density at radius 3 is 2.55 bits per heavy atom. The first kappa shape index (κ1) is 17.2. The molecular formula is C22H15F2N5. The summed E-state index contributed by atoms with van der Waals surface area (Å²) in [4.78, 5) is 13.2. The number of rotatable bonds is 2. The van der Waals surface area contributed by atoms with Gasteiger partial charge in [0.25, 0.3) is 0 Å². The first-order chi connectivity index (χ1) is 14.0. The molecule has 0 saturated carbocycles. The number of benzene rings is 2. The van der Waals surface area contributed by atoms with Crippen LogP contribution in [-0.2, 0) is 0 Å². The third-order valence-corrected chi connectivity index (χ3v) is 4.99. The van der Waals surface area contributed by atoms with Crippen molar-refractivity contribution in [2.24, 2.45) is 0 Å². The number of fused-ring (bicyclic) bond motifs is 2. The van der Waals surface area contributed by atoms with Gasteiger partial charge in [-0.25, -0.2) is 18.7 Å². The number of nitrogen functional groups attached to an aromatic ring is 1. The molecule has 0 atom stereocenters. The average Bonchev–Trinajstić information content (AvgIpc) is 3.21. The number of nitrogens with two attached hydrogens (primary N) is 1. The number of halogens is 2. The van der Waals surface area contributed by atoms with E-state index in [0.29, 0.717) is 22.6 Å². The van der Waals surface area contributed by atoms with E-state index in [-0.39, 0.29) is 5.82 Å². The van der Waals surface area contributed by atoms with Crippen LogP contribution in [-0.4, -0.2) is 19.4 Å². The molecule has 7 heteroatoms. The van der Waals surface area contributed by atoms with Gasteiger partial charge in [-0.1, -0.05) is 6.07 Å². The molecule has 0 amide bonds. The van der Waals surface area contributed by atoms with Crippen LogP contribution in [0.2, 0.25) is 0 Å². The molecule has 0 unspecified atom stereocenters. The van der Waals surface area contributed by atoms with E-state index in [1.54, 1.807) is 18.6 Å². The highest BCUT2D eigenvalue weighted by atomic mass is 19.2. The summed E-state index contributed by atoms with van der Waals surface area (Å²) in [6.45, 7) is 2.01. The third kappa shape index (κ3) is 2.70. The summed E-state index contributed by atoms with van der Waals surface area (Å²) in [5.41, 5.74) is 10.9. The Bertz CT molecular complexity index is 1410. The van der Waals surface area contributed by atoms with E-state index in [4.69, 9.17) is 5.73 Å². The maximum Gasteiger partial charge on any atom is 0.180 e. The summed E-state index contributed by atoms with van der Waals surface area (Å²) >= 11 is 0. The van der Waals surface area contributed by atoms with Crippen LogP contribution in [0.25, 0.3) is 39.1 Å². The second kappa shape index (κ2) is 6.34. The van der Waals surface area contributed by atoms with Gasteiger partial charge in [0.15, 0.2) is 23.1 Å². The second-order valence-electron chi connectivity index (χ2n) is 6.80. The zero-order valence-corrected chi connectivity index (χ0v) is 15.4. The van der Waals surface area contributed by atoms with E-state index < -0.39 is 11.6 Å². The monoisotopic (exact) mass is 387 g/mol. The molecule has 2 N–H and O–H groups in total. The highest BCUT2D eigenvalue weighted by Crippen LogP contribution is 2.35. The third-order valence-electron chi connectivity index (χ3n) is 4.99. The van der Waals surface area contributed by atoms with Crippen molar-refractivity contribution in [1.82, 2.24) is 19.4 Å². The fraction of sp³-hybridized carbons (Fsp3) is 0.0455. The summed E-state index contributed by atoms with van der Waals surface area (Å²) in [5, 5.41) is 0.992. The predicted octanol–water partition coefficient (Wildman–Crippen LogP) is 4.78. The maximum atomic E-state index is 14.0. The SMILES string of the molecule is Cc1ccnc2ccc(-c3c(-c4ccc(F)c(F)c4)nc(N)c4nccn34)cc12. The lowest BCUT2D eigenvalue weighted by Crippen LogP contribution is -2.04. The van der Waals surface area contributed by atoms with Gasteiger partial charge in [0.2, 0.25) is 0 Å². The smallest absolute Gasteiger partial charge is 0.180 e. The zero-order valence-electron chi connectivity index (χ0n) is 15.4. The molecule has 5 rings (SSSR count). The van der Waals surface area contributed by atoms with Gasteiger partial charge in [-0.2, -0.15) is 0 Å². The number of hydrogen-bond donors (Lipinski definition) is 1. The van der Waals surface area contributed by atoms with Crippen molar-refractivity contribution in [3.63, 3.8) is 0 Å². The molecule has 142 valence electrons. The Kier molecular flexibility index (Phi) is 3.77. The van der Waals surface area contributed by atoms with Crippen molar-refractivity contribution < 1.29 is 8.78 Å². The zero-order chi connectivity index (χ0) is 20.1. The molecule has 0 aliphatic heterocycles. The molecular weight excluding hydrogens is 372 g/mol. The number of hydrogen-bond acceptors (Lipinski definition) is 4. The lowest BCUT2D eigenvalue weighted by Gasteiger charge is -2.15. The Morgan fingerprint density at radius 2 is 1.72 bits per heavy atom. The van der Waals surface area contributed by atoms with Crippen molar-refractivity contribution in [2.45, 2.75) is 6.92 Å². The van der Waals surface area contributed by atoms with E-state index in [1.807, 2.05) is 35.6 Å². The van der Waals surface area contributed by atoms with Gasteiger partial charge >= 0.3 is 0 Å². The number of aromatic nitrogens is 4. The van der Waals surface area contributed by atoms with Crippen molar-refractivity contribution in [3.8, 4) is 22.5 Å². The minimum Gasteiger partial charge on any atom is -0.381 e. The molecule has 0 aliphatic rings. The molecule has 0 fully saturated rings. The van der Waals surface area contributed by atoms with E-state index in [9.17, 15) is 8.78 Å². The summed E-state index contributed by atoms with van der Waals surface area (Å²) in [6.07, 6.45) is 5.16. The van der Waals surface area contributed by atoms with Crippen molar-refractivity contribution in [3.05, 3.63) is 78.3 Å². The highest BCUT2D eigenvalue weighted by molar-refractivity contribution is 5.90. The van der Waals surface area contributed by atoms with Crippen LogP contribution < -0.4 is 5.73 Å². The first-order valence-electron chi connectivity index (χ1n) is 8.96. The fourth-order valence-electron chi connectivity index (χ4n) is 3.56. The van der Waals surface area contributed by atoms with Gasteiger partial charge in [0.1, 0.15) is 0 Å². The largest absolute Gasteiger partial charge is 0.381 e. The standard InChI is InChI=1S/C22H15F2N5/c1-12-6-7-26-18-5-3-14(10-15(12)18)20-19(13-2-4-16(23)17(24)11-13)28-21(25)22-27-8-9-29(20)22/h2-11H,1H3,(H2,25,28). The van der Waals surface area contributed by atoms with E-state index >= 15 is 0 Å². The fourth-order valence-corrected chi connectivity index (χ4v) is 3.56. The lowest BCUT2D eigenvalue weighted by atomic mass is 10.0. The number of nitrogens with zero attached hydrogens (tertiary/aromatic N) is 4. The van der Waals surface area contributed by atoms with Gasteiger partial charge in [0, 0.05) is 35.1 Å². The Labute approximate surface area is 164 Å². The van der Waals surface area contributed by atoms with Gasteiger partial charge in [-0.15, -0.1) is 0 Å². The molecule has 0 saturated heterocycles. The van der Waals surface area contributed by atoms with E-state index in [1.165, 1.54) is 6.07 Å². The molecule has 0 spiro atoms. The van der Waals surface area contributed by atoms with Gasteiger partial charge in [-0.05, 0) is 48.9 Å². The van der Waals surface area contributed by atoms with Crippen LogP contribution in [0.3, 0.4) is 0 Å². The van der Waals surface area contributed by atoms with Gasteiger partial charge < -0.3 is 5.73 Å². The number of pyridine rings is 1. The molecule has 0 bridgehead atoms. The normalized spacial score (nSPS) is 11.4. The molecule has 3 aromatic heterocycles. The van der Waals surface area contributed by atoms with Crippen LogP contribution in [0.15, 0.2) is 61.1 Å². The number of anilines is 1. The summed E-state index contributed by atoms with van der Waals surface area (Å²) in [5.74, 6) is -1.66. The molecule has 2 aromatic carbocycles. The van der Waals surface area contributed by atoms with Crippen LogP contribution in [0.1, 0.15) is 5.56 Å². The lowest BCUT2D eigenvalue weighted by molar-refractivity contribution is 0.509. The van der Waals surface area contributed by atoms with E-state index in [2.05, 4.69) is 15.0 Å². The highest BCUT2D eigenvalue weighted by Gasteiger charge is 2.18. The molecule has 29 heavy (non-hydrogen) atoms. The first-order valence-corrected chi connectivity index (χ1v) is 8.96. The molecule has 5 aromatic rings. The molecule has 0 aliphatic carbocycles.